The lowest BCUT2D eigenvalue weighted by atomic mass is 10.1. The molecule has 0 bridgehead atoms. The molecule has 9 nitrogen and oxygen atoms in total. The molecule has 3 heterocycles. The van der Waals surface area contributed by atoms with Gasteiger partial charge in [0.1, 0.15) is 19.0 Å². The zero-order valence-electron chi connectivity index (χ0n) is 17.4. The van der Waals surface area contributed by atoms with E-state index in [4.69, 9.17) is 9.47 Å². The van der Waals surface area contributed by atoms with E-state index in [0.717, 1.165) is 30.9 Å². The number of pyridine rings is 1. The van der Waals surface area contributed by atoms with Gasteiger partial charge in [0.05, 0.1) is 18.7 Å². The lowest BCUT2D eigenvalue weighted by molar-refractivity contribution is -0.137. The average Bonchev–Trinajstić information content (AvgIpc) is 3.13. The molecule has 0 radical (unpaired) electrons. The maximum atomic E-state index is 12.6. The van der Waals surface area contributed by atoms with Gasteiger partial charge in [0.25, 0.3) is 0 Å². The summed E-state index contributed by atoms with van der Waals surface area (Å²) < 4.78 is 50.1. The molecule has 170 valence electrons. The Kier molecular flexibility index (Phi) is 7.66. The Bertz CT molecular complexity index is 868. The molecule has 1 atom stereocenters. The zero-order valence-corrected chi connectivity index (χ0v) is 17.4. The largest absolute Gasteiger partial charge is 0.476 e. The van der Waals surface area contributed by atoms with Gasteiger partial charge in [-0.15, -0.1) is 0 Å². The van der Waals surface area contributed by atoms with Gasteiger partial charge in [-0.3, -0.25) is 0 Å². The number of aromatic nitrogens is 4. The molecular weight excluding hydrogens is 415 g/mol. The van der Waals surface area contributed by atoms with E-state index < -0.39 is 11.7 Å². The highest BCUT2D eigenvalue weighted by molar-refractivity contribution is 5.80. The molecule has 0 amide bonds. The van der Waals surface area contributed by atoms with Crippen molar-refractivity contribution in [1.82, 2.24) is 30.4 Å². The van der Waals surface area contributed by atoms with Crippen LogP contribution in [0.15, 0.2) is 23.3 Å². The highest BCUT2D eigenvalue weighted by atomic mass is 19.4. The van der Waals surface area contributed by atoms with Crippen molar-refractivity contribution in [3.8, 4) is 5.88 Å². The van der Waals surface area contributed by atoms with Crippen LogP contribution in [-0.4, -0.2) is 58.6 Å². The summed E-state index contributed by atoms with van der Waals surface area (Å²) >= 11 is 0. The summed E-state index contributed by atoms with van der Waals surface area (Å²) in [5.74, 6) is 2.38. The van der Waals surface area contributed by atoms with E-state index in [1.807, 2.05) is 11.6 Å². The fourth-order valence-corrected chi connectivity index (χ4v) is 3.12. The van der Waals surface area contributed by atoms with Crippen molar-refractivity contribution in [3.63, 3.8) is 0 Å². The topological polar surface area (TPSA) is 98.5 Å². The van der Waals surface area contributed by atoms with Crippen LogP contribution < -0.4 is 15.4 Å². The summed E-state index contributed by atoms with van der Waals surface area (Å²) in [6.07, 6.45) is -1.97. The van der Waals surface area contributed by atoms with E-state index in [9.17, 15) is 13.2 Å². The number of alkyl halides is 3. The highest BCUT2D eigenvalue weighted by Crippen LogP contribution is 2.29. The molecular formula is C19H26F3N7O2. The summed E-state index contributed by atoms with van der Waals surface area (Å²) in [6, 6.07) is 2.28. The molecule has 0 aromatic carbocycles. The van der Waals surface area contributed by atoms with Crippen LogP contribution in [0.25, 0.3) is 0 Å². The smallest absolute Gasteiger partial charge is 0.417 e. The predicted molar refractivity (Wildman–Crippen MR) is 107 cm³/mol. The van der Waals surface area contributed by atoms with Crippen molar-refractivity contribution >= 4 is 5.96 Å². The first-order valence-corrected chi connectivity index (χ1v) is 10.0. The lowest BCUT2D eigenvalue weighted by Gasteiger charge is -2.25. The molecule has 1 aliphatic rings. The fourth-order valence-electron chi connectivity index (χ4n) is 3.12. The van der Waals surface area contributed by atoms with Gasteiger partial charge in [-0.2, -0.15) is 18.3 Å². The van der Waals surface area contributed by atoms with Crippen LogP contribution in [0.3, 0.4) is 0 Å². The van der Waals surface area contributed by atoms with Gasteiger partial charge < -0.3 is 20.1 Å². The summed E-state index contributed by atoms with van der Waals surface area (Å²) in [5, 5.41) is 11.0. The van der Waals surface area contributed by atoms with Gasteiger partial charge in [0.2, 0.25) is 5.88 Å². The summed E-state index contributed by atoms with van der Waals surface area (Å²) in [7, 11) is 1.61. The van der Waals surface area contributed by atoms with Gasteiger partial charge in [-0.25, -0.2) is 19.6 Å². The van der Waals surface area contributed by atoms with Gasteiger partial charge in [-0.05, 0) is 19.4 Å². The van der Waals surface area contributed by atoms with Gasteiger partial charge in [0, 0.05) is 38.4 Å². The number of halogens is 3. The van der Waals surface area contributed by atoms with E-state index in [0.29, 0.717) is 38.0 Å². The maximum absolute atomic E-state index is 12.6. The fraction of sp³-hybridized carbons (Fsp3) is 0.579. The lowest BCUT2D eigenvalue weighted by Crippen LogP contribution is -2.47. The minimum atomic E-state index is -4.42. The van der Waals surface area contributed by atoms with Crippen molar-refractivity contribution in [2.75, 3.05) is 26.8 Å². The minimum Gasteiger partial charge on any atom is -0.476 e. The number of ether oxygens (including phenoxy) is 2. The Labute approximate surface area is 178 Å². The van der Waals surface area contributed by atoms with Crippen LogP contribution in [0.2, 0.25) is 0 Å². The van der Waals surface area contributed by atoms with E-state index >= 15 is 0 Å². The third kappa shape index (κ3) is 6.54. The second-order valence-corrected chi connectivity index (χ2v) is 6.93. The summed E-state index contributed by atoms with van der Waals surface area (Å²) in [5.41, 5.74) is -0.811. The number of aliphatic imine (C=N–C) groups is 1. The SMILES string of the molecule is CCNC(=NCCOc1ccc(C(F)(F)F)cn1)NC1CCc2nc(COC)nn2C1. The molecule has 2 aromatic heterocycles. The van der Waals surface area contributed by atoms with Crippen molar-refractivity contribution < 1.29 is 22.6 Å². The number of nitrogens with zero attached hydrogens (tertiary/aromatic N) is 5. The zero-order chi connectivity index (χ0) is 22.3. The number of aryl methyl sites for hydroxylation is 1. The maximum Gasteiger partial charge on any atom is 0.417 e. The average molecular weight is 441 g/mol. The monoisotopic (exact) mass is 441 g/mol. The third-order valence-electron chi connectivity index (χ3n) is 4.54. The first-order valence-electron chi connectivity index (χ1n) is 10.0. The molecule has 1 aliphatic heterocycles. The first kappa shape index (κ1) is 22.8. The van der Waals surface area contributed by atoms with Crippen LogP contribution >= 0.6 is 0 Å². The quantitative estimate of drug-likeness (QED) is 0.366. The molecule has 2 N–H and O–H groups in total. The van der Waals surface area contributed by atoms with Gasteiger partial charge in [0.15, 0.2) is 11.8 Å². The van der Waals surface area contributed by atoms with Crippen molar-refractivity contribution in [2.24, 2.45) is 4.99 Å². The molecule has 31 heavy (non-hydrogen) atoms. The molecule has 0 spiro atoms. The second-order valence-electron chi connectivity index (χ2n) is 6.93. The number of methoxy groups -OCH3 is 1. The van der Waals surface area contributed by atoms with Crippen molar-refractivity contribution in [1.29, 1.82) is 0 Å². The highest BCUT2D eigenvalue weighted by Gasteiger charge is 2.30. The van der Waals surface area contributed by atoms with Crippen molar-refractivity contribution in [3.05, 3.63) is 35.5 Å². The number of hydrogen-bond acceptors (Lipinski definition) is 6. The molecule has 1 unspecified atom stereocenters. The number of guanidine groups is 1. The van der Waals surface area contributed by atoms with Crippen LogP contribution in [-0.2, 0) is 30.5 Å². The van der Waals surface area contributed by atoms with E-state index in [1.165, 1.54) is 6.07 Å². The molecule has 0 saturated carbocycles. The number of hydrogen-bond donors (Lipinski definition) is 2. The van der Waals surface area contributed by atoms with E-state index in [1.54, 1.807) is 7.11 Å². The molecule has 2 aromatic rings. The Morgan fingerprint density at radius 2 is 2.19 bits per heavy atom. The third-order valence-corrected chi connectivity index (χ3v) is 4.54. The minimum absolute atomic E-state index is 0.124. The molecule has 0 saturated heterocycles. The van der Waals surface area contributed by atoms with Crippen molar-refractivity contribution in [2.45, 2.75) is 45.1 Å². The van der Waals surface area contributed by atoms with Gasteiger partial charge in [-0.1, -0.05) is 0 Å². The second kappa shape index (κ2) is 10.4. The van der Waals surface area contributed by atoms with E-state index in [2.05, 4.69) is 30.7 Å². The van der Waals surface area contributed by atoms with Crippen LogP contribution in [0, 0.1) is 0 Å². The summed E-state index contributed by atoms with van der Waals surface area (Å²) in [4.78, 5) is 12.6. The number of rotatable bonds is 8. The standard InChI is InChI=1S/C19H26F3N7O2/c1-3-23-18(24-8-9-31-17-7-4-13(10-25-17)19(20,21)22)26-14-5-6-16-27-15(12-30-2)28-29(16)11-14/h4,7,10,14H,3,5-6,8-9,11-12H2,1-2H3,(H2,23,24,26). The molecule has 3 rings (SSSR count). The Hall–Kier alpha value is -2.89. The summed E-state index contributed by atoms with van der Waals surface area (Å²) in [6.45, 7) is 4.21. The Morgan fingerprint density at radius 1 is 1.35 bits per heavy atom. The molecule has 0 fully saturated rings. The molecule has 0 aliphatic carbocycles. The number of fused-ring (bicyclic) bond motifs is 1. The van der Waals surface area contributed by atoms with Crippen LogP contribution in [0.4, 0.5) is 13.2 Å². The normalized spacial score (nSPS) is 16.7. The first-order chi connectivity index (χ1) is 14.9. The van der Waals surface area contributed by atoms with Gasteiger partial charge >= 0.3 is 6.18 Å². The van der Waals surface area contributed by atoms with Crippen LogP contribution in [0.1, 0.15) is 30.6 Å². The number of nitrogens with one attached hydrogen (secondary N) is 2. The van der Waals surface area contributed by atoms with Crippen LogP contribution in [0.5, 0.6) is 5.88 Å². The predicted octanol–water partition coefficient (Wildman–Crippen LogP) is 1.79. The Balaban J connectivity index is 1.49. The Morgan fingerprint density at radius 3 is 2.87 bits per heavy atom. The van der Waals surface area contributed by atoms with E-state index in [-0.39, 0.29) is 18.5 Å². The molecule has 12 heteroatoms.